The minimum absolute atomic E-state index is 0.861. The average Bonchev–Trinajstić information content (AvgIpc) is 2.72. The van der Waals surface area contributed by atoms with Crippen LogP contribution in [0, 0.1) is 7.14 Å². The summed E-state index contributed by atoms with van der Waals surface area (Å²) in [6.45, 7) is 0. The van der Waals surface area contributed by atoms with Gasteiger partial charge in [0.2, 0.25) is 0 Å². The highest BCUT2D eigenvalue weighted by Gasteiger charge is 2.12. The molecule has 0 aliphatic carbocycles. The summed E-state index contributed by atoms with van der Waals surface area (Å²) in [4.78, 5) is 0. The maximum atomic E-state index is 6.45. The summed E-state index contributed by atoms with van der Waals surface area (Å²) in [6, 6.07) is 33.3. The Balaban J connectivity index is 1.80. The van der Waals surface area contributed by atoms with Crippen molar-refractivity contribution >= 4 is 45.2 Å². The van der Waals surface area contributed by atoms with Crippen LogP contribution in [0.15, 0.2) is 97.1 Å². The van der Waals surface area contributed by atoms with Crippen molar-refractivity contribution in [2.24, 2.45) is 0 Å². The molecule has 1 nitrogen and oxygen atoms in total. The van der Waals surface area contributed by atoms with Gasteiger partial charge in [-0.1, -0.05) is 60.7 Å². The number of benzene rings is 4. The lowest BCUT2D eigenvalue weighted by Crippen LogP contribution is -1.92. The molecule has 0 aromatic heterocycles. The topological polar surface area (TPSA) is 9.23 Å². The van der Waals surface area contributed by atoms with E-state index in [1.165, 1.54) is 7.14 Å². The summed E-state index contributed by atoms with van der Waals surface area (Å²) < 4.78 is 8.82. The largest absolute Gasteiger partial charge is 0.456 e. The smallest absolute Gasteiger partial charge is 0.135 e. The van der Waals surface area contributed by atoms with E-state index in [-0.39, 0.29) is 0 Å². The molecular weight excluding hydrogens is 558 g/mol. The van der Waals surface area contributed by atoms with E-state index in [0.29, 0.717) is 0 Å². The van der Waals surface area contributed by atoms with Gasteiger partial charge >= 0.3 is 0 Å². The molecule has 3 heteroatoms. The maximum Gasteiger partial charge on any atom is 0.135 e. The van der Waals surface area contributed by atoms with Gasteiger partial charge in [-0.25, -0.2) is 0 Å². The third kappa shape index (κ3) is 4.35. The zero-order chi connectivity index (χ0) is 18.6. The second-order valence-electron chi connectivity index (χ2n) is 6.12. The predicted molar refractivity (Wildman–Crippen MR) is 129 cm³/mol. The van der Waals surface area contributed by atoms with E-state index in [1.807, 2.05) is 12.1 Å². The summed E-state index contributed by atoms with van der Waals surface area (Å²) in [6.07, 6.45) is 0. The van der Waals surface area contributed by atoms with Crippen molar-refractivity contribution < 1.29 is 4.74 Å². The molecule has 0 aliphatic heterocycles. The Hall–Kier alpha value is -1.86. The Labute approximate surface area is 186 Å². The summed E-state index contributed by atoms with van der Waals surface area (Å²) in [7, 11) is 0. The summed E-state index contributed by atoms with van der Waals surface area (Å²) in [5, 5.41) is 0. The molecule has 0 atom stereocenters. The second kappa shape index (κ2) is 8.44. The van der Waals surface area contributed by atoms with Gasteiger partial charge in [0.1, 0.15) is 11.5 Å². The summed E-state index contributed by atoms with van der Waals surface area (Å²) >= 11 is 4.69. The van der Waals surface area contributed by atoms with Crippen molar-refractivity contribution in [3.05, 3.63) is 104 Å². The van der Waals surface area contributed by atoms with Crippen LogP contribution in [0.4, 0.5) is 0 Å². The second-order valence-corrected chi connectivity index (χ2v) is 8.61. The Bertz CT molecular complexity index is 973. The van der Waals surface area contributed by atoms with E-state index in [0.717, 1.165) is 33.8 Å². The molecule has 27 heavy (non-hydrogen) atoms. The standard InChI is InChI=1S/C24H16I2O/c25-19-11-13-23(21(15-19)17-7-3-1-4-8-17)27-24-14-12-20(26)16-22(24)18-9-5-2-6-10-18/h1-16H. The lowest BCUT2D eigenvalue weighted by Gasteiger charge is -2.15. The first-order valence-corrected chi connectivity index (χ1v) is 10.7. The fraction of sp³-hybridized carbons (Fsp3) is 0. The van der Waals surface area contributed by atoms with Crippen molar-refractivity contribution in [3.8, 4) is 33.8 Å². The van der Waals surface area contributed by atoms with Crippen LogP contribution in [0.1, 0.15) is 0 Å². The van der Waals surface area contributed by atoms with Gasteiger partial charge in [0, 0.05) is 18.3 Å². The molecule has 0 amide bonds. The zero-order valence-corrected chi connectivity index (χ0v) is 18.7. The maximum absolute atomic E-state index is 6.45. The van der Waals surface area contributed by atoms with Gasteiger partial charge in [-0.05, 0) is 92.7 Å². The van der Waals surface area contributed by atoms with E-state index < -0.39 is 0 Å². The van der Waals surface area contributed by atoms with Crippen LogP contribution in [0.25, 0.3) is 22.3 Å². The number of ether oxygens (including phenoxy) is 1. The van der Waals surface area contributed by atoms with Crippen molar-refractivity contribution in [2.45, 2.75) is 0 Å². The van der Waals surface area contributed by atoms with Crippen LogP contribution in [-0.2, 0) is 0 Å². The van der Waals surface area contributed by atoms with Crippen molar-refractivity contribution in [1.82, 2.24) is 0 Å². The quantitative estimate of drug-likeness (QED) is 0.225. The lowest BCUT2D eigenvalue weighted by molar-refractivity contribution is 0.486. The molecule has 0 fully saturated rings. The molecule has 4 aromatic carbocycles. The predicted octanol–water partition coefficient (Wildman–Crippen LogP) is 8.02. The zero-order valence-electron chi connectivity index (χ0n) is 14.4. The normalized spacial score (nSPS) is 10.6. The van der Waals surface area contributed by atoms with E-state index in [9.17, 15) is 0 Å². The Kier molecular flexibility index (Phi) is 5.78. The molecule has 0 saturated carbocycles. The van der Waals surface area contributed by atoms with E-state index in [4.69, 9.17) is 4.74 Å². The van der Waals surface area contributed by atoms with Crippen LogP contribution in [0.3, 0.4) is 0 Å². The molecule has 0 radical (unpaired) electrons. The molecule has 4 rings (SSSR count). The van der Waals surface area contributed by atoms with Crippen LogP contribution in [0.5, 0.6) is 11.5 Å². The number of rotatable bonds is 4. The van der Waals surface area contributed by atoms with Crippen molar-refractivity contribution in [2.75, 3.05) is 0 Å². The molecule has 0 unspecified atom stereocenters. The molecule has 0 spiro atoms. The van der Waals surface area contributed by atoms with Gasteiger partial charge < -0.3 is 4.74 Å². The molecule has 0 heterocycles. The summed E-state index contributed by atoms with van der Waals surface area (Å²) in [5.41, 5.74) is 4.50. The highest BCUT2D eigenvalue weighted by molar-refractivity contribution is 14.1. The molecule has 0 saturated heterocycles. The Morgan fingerprint density at radius 2 is 0.889 bits per heavy atom. The van der Waals surface area contributed by atoms with Gasteiger partial charge in [0.15, 0.2) is 0 Å². The van der Waals surface area contributed by atoms with Gasteiger partial charge in [-0.2, -0.15) is 0 Å². The third-order valence-electron chi connectivity index (χ3n) is 4.27. The number of halogens is 2. The Morgan fingerprint density at radius 1 is 0.481 bits per heavy atom. The fourth-order valence-corrected chi connectivity index (χ4v) is 3.97. The first-order valence-electron chi connectivity index (χ1n) is 8.58. The monoisotopic (exact) mass is 574 g/mol. The van der Waals surface area contributed by atoms with Gasteiger partial charge in [0.25, 0.3) is 0 Å². The minimum Gasteiger partial charge on any atom is -0.456 e. The van der Waals surface area contributed by atoms with Crippen molar-refractivity contribution in [3.63, 3.8) is 0 Å². The highest BCUT2D eigenvalue weighted by Crippen LogP contribution is 2.39. The molecule has 0 bridgehead atoms. The summed E-state index contributed by atoms with van der Waals surface area (Å²) in [5.74, 6) is 1.72. The SMILES string of the molecule is Ic1ccc(Oc2ccc(I)cc2-c2ccccc2)c(-c2ccccc2)c1. The number of hydrogen-bond acceptors (Lipinski definition) is 1. The van der Waals surface area contributed by atoms with E-state index in [1.54, 1.807) is 0 Å². The molecule has 4 aromatic rings. The Morgan fingerprint density at radius 3 is 1.30 bits per heavy atom. The van der Waals surface area contributed by atoms with E-state index in [2.05, 4.69) is 130 Å². The number of hydrogen-bond donors (Lipinski definition) is 0. The highest BCUT2D eigenvalue weighted by atomic mass is 127. The molecule has 0 aliphatic rings. The van der Waals surface area contributed by atoms with Crippen LogP contribution < -0.4 is 4.74 Å². The first kappa shape index (κ1) is 18.5. The van der Waals surface area contributed by atoms with Gasteiger partial charge in [-0.15, -0.1) is 0 Å². The lowest BCUT2D eigenvalue weighted by atomic mass is 10.0. The van der Waals surface area contributed by atoms with Crippen LogP contribution >= 0.6 is 45.2 Å². The molecule has 0 N–H and O–H groups in total. The van der Waals surface area contributed by atoms with Gasteiger partial charge in [0.05, 0.1) is 0 Å². The third-order valence-corrected chi connectivity index (χ3v) is 5.61. The van der Waals surface area contributed by atoms with Crippen LogP contribution in [0.2, 0.25) is 0 Å². The first-order chi connectivity index (χ1) is 13.2. The van der Waals surface area contributed by atoms with Crippen molar-refractivity contribution in [1.29, 1.82) is 0 Å². The molecule has 132 valence electrons. The van der Waals surface area contributed by atoms with Crippen LogP contribution in [-0.4, -0.2) is 0 Å². The fourth-order valence-electron chi connectivity index (χ4n) is 2.99. The minimum atomic E-state index is 0.861. The average molecular weight is 574 g/mol. The van der Waals surface area contributed by atoms with Gasteiger partial charge in [-0.3, -0.25) is 0 Å². The van der Waals surface area contributed by atoms with E-state index >= 15 is 0 Å². The molecular formula is C24H16I2O.